The van der Waals surface area contributed by atoms with Crippen molar-refractivity contribution in [2.24, 2.45) is 0 Å². The van der Waals surface area contributed by atoms with Crippen LogP contribution in [0.2, 0.25) is 0 Å². The van der Waals surface area contributed by atoms with Crippen molar-refractivity contribution >= 4 is 18.2 Å². The van der Waals surface area contributed by atoms with Crippen LogP contribution in [0.1, 0.15) is 29.8 Å². The summed E-state index contributed by atoms with van der Waals surface area (Å²) < 4.78 is 5.11. The molecule has 0 amide bonds. The van der Waals surface area contributed by atoms with E-state index >= 15 is 0 Å². The number of nitrogens with one attached hydrogen (secondary N) is 1. The van der Waals surface area contributed by atoms with Crippen molar-refractivity contribution in [2.75, 3.05) is 7.11 Å². The van der Waals surface area contributed by atoms with Crippen molar-refractivity contribution in [1.82, 2.24) is 5.32 Å². The Hall–Kier alpha value is -1.84. The van der Waals surface area contributed by atoms with Crippen LogP contribution in [-0.4, -0.2) is 18.4 Å². The van der Waals surface area contributed by atoms with Gasteiger partial charge in [0, 0.05) is 12.1 Å². The zero-order valence-corrected chi connectivity index (χ0v) is 13.9. The lowest BCUT2D eigenvalue weighted by atomic mass is 9.93. The molecule has 0 aliphatic rings. The second-order valence-electron chi connectivity index (χ2n) is 5.52. The van der Waals surface area contributed by atoms with Crippen LogP contribution in [0.15, 0.2) is 54.6 Å². The minimum Gasteiger partial charge on any atom is -0.497 e. The van der Waals surface area contributed by atoms with Crippen LogP contribution in [-0.2, 0) is 6.54 Å². The molecule has 0 saturated carbocycles. The third-order valence-electron chi connectivity index (χ3n) is 3.50. The summed E-state index contributed by atoms with van der Waals surface area (Å²) in [4.78, 5) is 12.6. The molecule has 0 atom stereocenters. The van der Waals surface area contributed by atoms with E-state index < -0.39 is 5.54 Å². The minimum atomic E-state index is -0.621. The smallest absolute Gasteiger partial charge is 0.182 e. The van der Waals surface area contributed by atoms with Gasteiger partial charge in [0.15, 0.2) is 5.78 Å². The highest BCUT2D eigenvalue weighted by Crippen LogP contribution is 2.17. The Labute approximate surface area is 138 Å². The Bertz CT molecular complexity index is 594. The fraction of sp³-hybridized carbons (Fsp3) is 0.278. The summed E-state index contributed by atoms with van der Waals surface area (Å²) in [6.45, 7) is 4.47. The third kappa shape index (κ3) is 4.58. The number of carbonyl (C=O) groups is 1. The Morgan fingerprint density at radius 3 is 2.18 bits per heavy atom. The summed E-state index contributed by atoms with van der Waals surface area (Å²) in [6.07, 6.45) is 0. The quantitative estimate of drug-likeness (QED) is 0.821. The lowest BCUT2D eigenvalue weighted by Crippen LogP contribution is -2.46. The summed E-state index contributed by atoms with van der Waals surface area (Å²) in [5.41, 5.74) is 1.22. The lowest BCUT2D eigenvalue weighted by Gasteiger charge is -2.25. The van der Waals surface area contributed by atoms with Gasteiger partial charge in [0.05, 0.1) is 12.6 Å². The summed E-state index contributed by atoms with van der Waals surface area (Å²) in [5.74, 6) is 0.822. The molecule has 0 aromatic heterocycles. The first kappa shape index (κ1) is 18.2. The number of rotatable bonds is 6. The van der Waals surface area contributed by atoms with E-state index in [1.807, 2.05) is 44.2 Å². The largest absolute Gasteiger partial charge is 0.497 e. The molecule has 118 valence electrons. The maximum absolute atomic E-state index is 12.6. The second kappa shape index (κ2) is 7.97. The molecule has 0 radical (unpaired) electrons. The maximum Gasteiger partial charge on any atom is 0.182 e. The van der Waals surface area contributed by atoms with Crippen LogP contribution < -0.4 is 10.1 Å². The molecule has 0 saturated heterocycles. The lowest BCUT2D eigenvalue weighted by molar-refractivity contribution is 0.0880. The van der Waals surface area contributed by atoms with Gasteiger partial charge in [-0.05, 0) is 43.7 Å². The van der Waals surface area contributed by atoms with Gasteiger partial charge in [-0.1, -0.05) is 30.3 Å². The van der Waals surface area contributed by atoms with E-state index in [0.29, 0.717) is 12.1 Å². The fourth-order valence-corrected chi connectivity index (χ4v) is 2.10. The normalized spacial score (nSPS) is 10.7. The van der Waals surface area contributed by atoms with Gasteiger partial charge in [-0.25, -0.2) is 0 Å². The SMILES string of the molecule is COc1ccc(C(=O)C(C)(C)NCc2ccccc2)cc1.Cl. The molecule has 3 nitrogen and oxygen atoms in total. The molecule has 1 N–H and O–H groups in total. The van der Waals surface area contributed by atoms with Crippen LogP contribution in [0.4, 0.5) is 0 Å². The van der Waals surface area contributed by atoms with E-state index in [4.69, 9.17) is 4.74 Å². The van der Waals surface area contributed by atoms with Crippen LogP contribution in [0.25, 0.3) is 0 Å². The van der Waals surface area contributed by atoms with Crippen molar-refractivity contribution < 1.29 is 9.53 Å². The molecule has 0 bridgehead atoms. The first-order valence-corrected chi connectivity index (χ1v) is 7.01. The van der Waals surface area contributed by atoms with Gasteiger partial charge >= 0.3 is 0 Å². The van der Waals surface area contributed by atoms with Gasteiger partial charge in [0.2, 0.25) is 0 Å². The van der Waals surface area contributed by atoms with E-state index in [-0.39, 0.29) is 18.2 Å². The van der Waals surface area contributed by atoms with Gasteiger partial charge in [0.25, 0.3) is 0 Å². The van der Waals surface area contributed by atoms with Gasteiger partial charge < -0.3 is 10.1 Å². The van der Waals surface area contributed by atoms with E-state index in [0.717, 1.165) is 11.3 Å². The molecule has 2 aromatic carbocycles. The molecule has 0 spiro atoms. The molecule has 0 aliphatic carbocycles. The molecule has 2 aromatic rings. The van der Waals surface area contributed by atoms with Gasteiger partial charge in [-0.15, -0.1) is 12.4 Å². The number of Topliss-reactive ketones (excluding diaryl/α,β-unsaturated/α-hetero) is 1. The summed E-state index contributed by atoms with van der Waals surface area (Å²) in [6, 6.07) is 17.3. The van der Waals surface area contributed by atoms with Crippen molar-refractivity contribution in [3.63, 3.8) is 0 Å². The number of halogens is 1. The maximum atomic E-state index is 12.6. The highest BCUT2D eigenvalue weighted by molar-refractivity contribution is 6.02. The Balaban J connectivity index is 0.00000242. The Kier molecular flexibility index (Phi) is 6.60. The summed E-state index contributed by atoms with van der Waals surface area (Å²) >= 11 is 0. The average molecular weight is 320 g/mol. The topological polar surface area (TPSA) is 38.3 Å². The standard InChI is InChI=1S/C18H21NO2.ClH/c1-18(2,19-13-14-7-5-4-6-8-14)17(20)15-9-11-16(21-3)12-10-15;/h4-12,19H,13H2,1-3H3;1H. The van der Waals surface area contributed by atoms with E-state index in [2.05, 4.69) is 5.32 Å². The summed E-state index contributed by atoms with van der Waals surface area (Å²) in [5, 5.41) is 3.32. The molecule has 0 fully saturated rings. The minimum absolute atomic E-state index is 0. The van der Waals surface area contributed by atoms with E-state index in [1.54, 1.807) is 31.4 Å². The van der Waals surface area contributed by atoms with Crippen molar-refractivity contribution in [3.05, 3.63) is 65.7 Å². The molecule has 0 aliphatic heterocycles. The zero-order valence-electron chi connectivity index (χ0n) is 13.1. The number of benzene rings is 2. The summed E-state index contributed by atoms with van der Waals surface area (Å²) in [7, 11) is 1.61. The number of carbonyl (C=O) groups excluding carboxylic acids is 1. The van der Waals surface area contributed by atoms with Gasteiger partial charge in [0.1, 0.15) is 5.75 Å². The first-order valence-electron chi connectivity index (χ1n) is 7.01. The number of methoxy groups -OCH3 is 1. The molecule has 4 heteroatoms. The van der Waals surface area contributed by atoms with Crippen LogP contribution in [0, 0.1) is 0 Å². The first-order chi connectivity index (χ1) is 10.0. The van der Waals surface area contributed by atoms with E-state index in [1.165, 1.54) is 0 Å². The predicted octanol–water partition coefficient (Wildman–Crippen LogP) is 3.87. The van der Waals surface area contributed by atoms with Crippen molar-refractivity contribution in [1.29, 1.82) is 0 Å². The molecular weight excluding hydrogens is 298 g/mol. The zero-order chi connectivity index (χ0) is 15.3. The Morgan fingerprint density at radius 2 is 1.64 bits per heavy atom. The number of ketones is 1. The molecule has 0 heterocycles. The number of hydrogen-bond acceptors (Lipinski definition) is 3. The van der Waals surface area contributed by atoms with Gasteiger partial charge in [-0.2, -0.15) is 0 Å². The third-order valence-corrected chi connectivity index (χ3v) is 3.50. The Morgan fingerprint density at radius 1 is 1.05 bits per heavy atom. The van der Waals surface area contributed by atoms with Gasteiger partial charge in [-0.3, -0.25) is 4.79 Å². The molecular formula is C18H22ClNO2. The highest BCUT2D eigenvalue weighted by Gasteiger charge is 2.27. The average Bonchev–Trinajstić information content (AvgIpc) is 2.53. The van der Waals surface area contributed by atoms with E-state index in [9.17, 15) is 4.79 Å². The molecule has 0 unspecified atom stereocenters. The molecule has 2 rings (SSSR count). The van der Waals surface area contributed by atoms with Crippen LogP contribution >= 0.6 is 12.4 Å². The predicted molar refractivity (Wildman–Crippen MR) is 91.9 cm³/mol. The van der Waals surface area contributed by atoms with Crippen LogP contribution in [0.3, 0.4) is 0 Å². The number of hydrogen-bond donors (Lipinski definition) is 1. The monoisotopic (exact) mass is 319 g/mol. The highest BCUT2D eigenvalue weighted by atomic mass is 35.5. The fourth-order valence-electron chi connectivity index (χ4n) is 2.10. The van der Waals surface area contributed by atoms with Crippen LogP contribution in [0.5, 0.6) is 5.75 Å². The van der Waals surface area contributed by atoms with Crippen molar-refractivity contribution in [2.45, 2.75) is 25.9 Å². The second-order valence-corrected chi connectivity index (χ2v) is 5.52. The molecule has 22 heavy (non-hydrogen) atoms. The van der Waals surface area contributed by atoms with Crippen molar-refractivity contribution in [3.8, 4) is 5.75 Å². The number of ether oxygens (including phenoxy) is 1.